The number of esters is 1. The molecule has 0 fully saturated rings. The summed E-state index contributed by atoms with van der Waals surface area (Å²) >= 11 is 0. The van der Waals surface area contributed by atoms with Gasteiger partial charge in [0.05, 0.1) is 18.5 Å². The summed E-state index contributed by atoms with van der Waals surface area (Å²) in [5.74, 6) is -0.357. The molecule has 4 nitrogen and oxygen atoms in total. The lowest BCUT2D eigenvalue weighted by Gasteiger charge is -2.24. The number of anilines is 1. The highest BCUT2D eigenvalue weighted by atomic mass is 16.5. The van der Waals surface area contributed by atoms with Gasteiger partial charge in [-0.15, -0.1) is 0 Å². The van der Waals surface area contributed by atoms with Gasteiger partial charge in [0, 0.05) is 30.4 Å². The van der Waals surface area contributed by atoms with Gasteiger partial charge in [0.15, 0.2) is 0 Å². The fraction of sp³-hybridized carbons (Fsp3) is 0.375. The van der Waals surface area contributed by atoms with Gasteiger partial charge in [-0.05, 0) is 19.1 Å². The molecule has 1 aromatic carbocycles. The van der Waals surface area contributed by atoms with Crippen LogP contribution in [0.3, 0.4) is 0 Å². The van der Waals surface area contributed by atoms with E-state index in [-0.39, 0.29) is 11.9 Å². The number of aryl methyl sites for hydroxylation is 1. The molecule has 0 saturated carbocycles. The van der Waals surface area contributed by atoms with Crippen molar-refractivity contribution in [2.45, 2.75) is 13.8 Å². The largest absolute Gasteiger partial charge is 0.469 e. The summed E-state index contributed by atoms with van der Waals surface area (Å²) in [6, 6.07) is 10.1. The second kappa shape index (κ2) is 5.90. The molecule has 4 heteroatoms. The van der Waals surface area contributed by atoms with Crippen molar-refractivity contribution in [2.24, 2.45) is 5.92 Å². The standard InChI is InChI=1S/C16H20N2O2/c1-11(16(19)20-4)10-18(3)15-9-12(2)17-14-8-6-5-7-13(14)15/h5-9,11H,10H2,1-4H3. The van der Waals surface area contributed by atoms with Gasteiger partial charge in [0.2, 0.25) is 0 Å². The summed E-state index contributed by atoms with van der Waals surface area (Å²) in [5.41, 5.74) is 3.03. The number of fused-ring (bicyclic) bond motifs is 1. The topological polar surface area (TPSA) is 42.4 Å². The molecule has 0 N–H and O–H groups in total. The van der Waals surface area contributed by atoms with Crippen LogP contribution in [0.1, 0.15) is 12.6 Å². The number of para-hydroxylation sites is 1. The quantitative estimate of drug-likeness (QED) is 0.803. The molecular formula is C16H20N2O2. The number of pyridine rings is 1. The van der Waals surface area contributed by atoms with Gasteiger partial charge in [-0.2, -0.15) is 0 Å². The fourth-order valence-electron chi connectivity index (χ4n) is 2.39. The molecule has 0 aliphatic rings. The first-order valence-corrected chi connectivity index (χ1v) is 6.68. The first kappa shape index (κ1) is 14.3. The van der Waals surface area contributed by atoms with Crippen LogP contribution in [0.25, 0.3) is 10.9 Å². The minimum atomic E-state index is -0.188. The molecule has 0 radical (unpaired) electrons. The van der Waals surface area contributed by atoms with Crippen LogP contribution in [0.5, 0.6) is 0 Å². The maximum absolute atomic E-state index is 11.5. The van der Waals surface area contributed by atoms with Crippen molar-refractivity contribution in [1.82, 2.24) is 4.98 Å². The van der Waals surface area contributed by atoms with E-state index in [4.69, 9.17) is 4.74 Å². The molecule has 0 bridgehead atoms. The molecule has 2 rings (SSSR count). The molecular weight excluding hydrogens is 252 g/mol. The Hall–Kier alpha value is -2.10. The zero-order chi connectivity index (χ0) is 14.7. The SMILES string of the molecule is COC(=O)C(C)CN(C)c1cc(C)nc2ccccc12. The lowest BCUT2D eigenvalue weighted by molar-refractivity contribution is -0.144. The number of ether oxygens (including phenoxy) is 1. The average molecular weight is 272 g/mol. The Bertz CT molecular complexity index is 625. The van der Waals surface area contributed by atoms with Crippen molar-refractivity contribution in [3.8, 4) is 0 Å². The van der Waals surface area contributed by atoms with Gasteiger partial charge < -0.3 is 9.64 Å². The summed E-state index contributed by atoms with van der Waals surface area (Å²) in [7, 11) is 3.41. The lowest BCUT2D eigenvalue weighted by Crippen LogP contribution is -2.29. The second-order valence-corrected chi connectivity index (χ2v) is 5.10. The van der Waals surface area contributed by atoms with E-state index < -0.39 is 0 Å². The van der Waals surface area contributed by atoms with Crippen molar-refractivity contribution in [3.05, 3.63) is 36.0 Å². The van der Waals surface area contributed by atoms with E-state index in [2.05, 4.69) is 16.0 Å². The lowest BCUT2D eigenvalue weighted by atomic mass is 10.1. The van der Waals surface area contributed by atoms with Crippen LogP contribution in [-0.4, -0.2) is 31.7 Å². The first-order chi connectivity index (χ1) is 9.52. The van der Waals surface area contributed by atoms with Crippen molar-refractivity contribution in [1.29, 1.82) is 0 Å². The summed E-state index contributed by atoms with van der Waals surface area (Å²) in [6.45, 7) is 4.46. The molecule has 0 aliphatic carbocycles. The number of carbonyl (C=O) groups excluding carboxylic acids is 1. The molecule has 0 spiro atoms. The van der Waals surface area contributed by atoms with Gasteiger partial charge >= 0.3 is 5.97 Å². The Morgan fingerprint density at radius 2 is 2.10 bits per heavy atom. The van der Waals surface area contributed by atoms with E-state index in [1.807, 2.05) is 45.2 Å². The minimum absolute atomic E-state index is 0.169. The molecule has 0 saturated heterocycles. The predicted molar refractivity (Wildman–Crippen MR) is 80.9 cm³/mol. The first-order valence-electron chi connectivity index (χ1n) is 6.68. The minimum Gasteiger partial charge on any atom is -0.469 e. The summed E-state index contributed by atoms with van der Waals surface area (Å²) in [6.07, 6.45) is 0. The van der Waals surface area contributed by atoms with Crippen LogP contribution < -0.4 is 4.90 Å². The average Bonchev–Trinajstić information content (AvgIpc) is 2.45. The highest BCUT2D eigenvalue weighted by Gasteiger charge is 2.17. The molecule has 20 heavy (non-hydrogen) atoms. The number of rotatable bonds is 4. The molecule has 1 aromatic heterocycles. The van der Waals surface area contributed by atoms with E-state index in [9.17, 15) is 4.79 Å². The molecule has 1 unspecified atom stereocenters. The van der Waals surface area contributed by atoms with Crippen molar-refractivity contribution < 1.29 is 9.53 Å². The Morgan fingerprint density at radius 3 is 2.80 bits per heavy atom. The summed E-state index contributed by atoms with van der Waals surface area (Å²) in [5, 5.41) is 1.10. The second-order valence-electron chi connectivity index (χ2n) is 5.10. The number of carbonyl (C=O) groups is 1. The van der Waals surface area contributed by atoms with E-state index in [0.717, 1.165) is 22.3 Å². The van der Waals surface area contributed by atoms with Gasteiger partial charge in [-0.1, -0.05) is 25.1 Å². The van der Waals surface area contributed by atoms with E-state index in [0.29, 0.717) is 6.54 Å². The maximum atomic E-state index is 11.5. The number of methoxy groups -OCH3 is 1. The normalized spacial score (nSPS) is 12.2. The fourth-order valence-corrected chi connectivity index (χ4v) is 2.39. The Kier molecular flexibility index (Phi) is 4.23. The van der Waals surface area contributed by atoms with Crippen LogP contribution >= 0.6 is 0 Å². The number of benzene rings is 1. The van der Waals surface area contributed by atoms with E-state index in [1.165, 1.54) is 7.11 Å². The van der Waals surface area contributed by atoms with Crippen LogP contribution in [-0.2, 0) is 9.53 Å². The molecule has 106 valence electrons. The number of hydrogen-bond donors (Lipinski definition) is 0. The van der Waals surface area contributed by atoms with Crippen LogP contribution in [0, 0.1) is 12.8 Å². The Labute approximate surface area is 119 Å². The van der Waals surface area contributed by atoms with Gasteiger partial charge in [0.25, 0.3) is 0 Å². The van der Waals surface area contributed by atoms with Crippen LogP contribution in [0.4, 0.5) is 5.69 Å². The number of hydrogen-bond acceptors (Lipinski definition) is 4. The number of nitrogens with zero attached hydrogens (tertiary/aromatic N) is 2. The predicted octanol–water partition coefficient (Wildman–Crippen LogP) is 2.79. The smallest absolute Gasteiger partial charge is 0.310 e. The van der Waals surface area contributed by atoms with Crippen molar-refractivity contribution >= 4 is 22.6 Å². The molecule has 0 aliphatic heterocycles. The van der Waals surface area contributed by atoms with Crippen molar-refractivity contribution in [2.75, 3.05) is 25.6 Å². The van der Waals surface area contributed by atoms with Crippen molar-refractivity contribution in [3.63, 3.8) is 0 Å². The third kappa shape index (κ3) is 2.90. The van der Waals surface area contributed by atoms with Gasteiger partial charge in [-0.3, -0.25) is 9.78 Å². The zero-order valence-corrected chi connectivity index (χ0v) is 12.4. The van der Waals surface area contributed by atoms with Crippen LogP contribution in [0.15, 0.2) is 30.3 Å². The molecule has 2 aromatic rings. The summed E-state index contributed by atoms with van der Waals surface area (Å²) in [4.78, 5) is 18.2. The third-order valence-electron chi connectivity index (χ3n) is 3.38. The monoisotopic (exact) mass is 272 g/mol. The third-order valence-corrected chi connectivity index (χ3v) is 3.38. The highest BCUT2D eigenvalue weighted by molar-refractivity contribution is 5.92. The number of aromatic nitrogens is 1. The molecule has 1 heterocycles. The highest BCUT2D eigenvalue weighted by Crippen LogP contribution is 2.26. The van der Waals surface area contributed by atoms with E-state index in [1.54, 1.807) is 0 Å². The molecule has 0 amide bonds. The maximum Gasteiger partial charge on any atom is 0.310 e. The van der Waals surface area contributed by atoms with E-state index >= 15 is 0 Å². The Morgan fingerprint density at radius 1 is 1.40 bits per heavy atom. The Balaban J connectivity index is 2.34. The van der Waals surface area contributed by atoms with Crippen LogP contribution in [0.2, 0.25) is 0 Å². The summed E-state index contributed by atoms with van der Waals surface area (Å²) < 4.78 is 4.78. The molecule has 1 atom stereocenters. The van der Waals surface area contributed by atoms with Gasteiger partial charge in [-0.25, -0.2) is 0 Å². The zero-order valence-electron chi connectivity index (χ0n) is 12.4. The van der Waals surface area contributed by atoms with Gasteiger partial charge in [0.1, 0.15) is 0 Å².